The number of carboxylic acid groups (broad SMARTS) is 1. The minimum Gasteiger partial charge on any atom is -0.481 e. The zero-order valence-corrected chi connectivity index (χ0v) is 21.9. The summed E-state index contributed by atoms with van der Waals surface area (Å²) in [6, 6.07) is 11.7. The molecule has 0 spiro atoms. The summed E-state index contributed by atoms with van der Waals surface area (Å²) >= 11 is 0. The molecule has 2 aromatic carbocycles. The molecule has 3 amide bonds. The van der Waals surface area contributed by atoms with E-state index in [0.29, 0.717) is 18.7 Å². The number of hydrogen-bond donors (Lipinski definition) is 1. The van der Waals surface area contributed by atoms with Crippen LogP contribution in [0.15, 0.2) is 53.6 Å². The molecular weight excluding hydrogens is 486 g/mol. The number of carboxylic acids is 1. The van der Waals surface area contributed by atoms with Gasteiger partial charge in [-0.05, 0) is 55.0 Å². The summed E-state index contributed by atoms with van der Waals surface area (Å²) in [6.07, 6.45) is 1.70. The van der Waals surface area contributed by atoms with Gasteiger partial charge in [0.05, 0.1) is 29.1 Å². The van der Waals surface area contributed by atoms with Gasteiger partial charge in [-0.1, -0.05) is 56.2 Å². The van der Waals surface area contributed by atoms with E-state index in [-0.39, 0.29) is 29.9 Å². The van der Waals surface area contributed by atoms with Crippen LogP contribution in [-0.4, -0.2) is 63.8 Å². The Hall–Kier alpha value is -4.17. The fourth-order valence-electron chi connectivity index (χ4n) is 4.80. The molecule has 0 aromatic heterocycles. The van der Waals surface area contributed by atoms with Crippen molar-refractivity contribution in [1.82, 2.24) is 9.80 Å². The monoisotopic (exact) mass is 519 g/mol. The molecule has 200 valence electrons. The van der Waals surface area contributed by atoms with E-state index in [1.165, 1.54) is 19.1 Å². The highest BCUT2D eigenvalue weighted by atomic mass is 16.4. The average Bonchev–Trinajstić information content (AvgIpc) is 3.16. The van der Waals surface area contributed by atoms with E-state index >= 15 is 0 Å². The Labute approximate surface area is 221 Å². The third-order valence-electron chi connectivity index (χ3n) is 6.72. The van der Waals surface area contributed by atoms with E-state index in [0.717, 1.165) is 23.3 Å². The Bertz CT molecular complexity index is 1240. The molecule has 3 atom stereocenters. The van der Waals surface area contributed by atoms with Crippen LogP contribution in [-0.2, 0) is 11.2 Å². The molecular formula is C28H33N5O5. The fraction of sp³-hybridized carbons (Fsp3) is 0.429. The van der Waals surface area contributed by atoms with Crippen LogP contribution < -0.4 is 0 Å². The standard InChI is InChI=1S/C28H33N5O5/c1-4-13-32(14-5-2)25(34)20-11-12-21-22(17-20)27(36)33(26(21)35)24(16-19-9-7-6-8-10-19)23(30-31-29)15-18(3)28(37)38/h6-12,17-18,23-24H,4-5,13-16H2,1-3H3,(H,37,38)/t18-,23+,24+/m1/s1. The maximum Gasteiger partial charge on any atom is 0.306 e. The summed E-state index contributed by atoms with van der Waals surface area (Å²) in [5.74, 6) is -3.32. The molecule has 0 fully saturated rings. The predicted octanol–water partition coefficient (Wildman–Crippen LogP) is 4.95. The van der Waals surface area contributed by atoms with Crippen LogP contribution in [0.25, 0.3) is 10.4 Å². The van der Waals surface area contributed by atoms with E-state index in [4.69, 9.17) is 0 Å². The van der Waals surface area contributed by atoms with Crippen molar-refractivity contribution >= 4 is 23.7 Å². The molecule has 1 heterocycles. The number of fused-ring (bicyclic) bond motifs is 1. The molecule has 0 aliphatic carbocycles. The van der Waals surface area contributed by atoms with E-state index in [2.05, 4.69) is 10.0 Å². The quantitative estimate of drug-likeness (QED) is 0.172. The number of carbonyl (C=O) groups excluding carboxylic acids is 3. The number of hydrogen-bond acceptors (Lipinski definition) is 5. The van der Waals surface area contributed by atoms with Gasteiger partial charge in [-0.3, -0.25) is 24.1 Å². The molecule has 0 saturated carbocycles. The van der Waals surface area contributed by atoms with Crippen LogP contribution in [0.2, 0.25) is 0 Å². The second-order valence-corrected chi connectivity index (χ2v) is 9.54. The lowest BCUT2D eigenvalue weighted by molar-refractivity contribution is -0.141. The van der Waals surface area contributed by atoms with E-state index in [1.807, 2.05) is 44.2 Å². The second kappa shape index (κ2) is 12.9. The Morgan fingerprint density at radius 1 is 1.03 bits per heavy atom. The van der Waals surface area contributed by atoms with Gasteiger partial charge in [0.15, 0.2) is 0 Å². The van der Waals surface area contributed by atoms with Crippen LogP contribution in [0.5, 0.6) is 0 Å². The first-order valence-electron chi connectivity index (χ1n) is 12.9. The first kappa shape index (κ1) is 28.4. The predicted molar refractivity (Wildman–Crippen MR) is 142 cm³/mol. The van der Waals surface area contributed by atoms with E-state index in [1.54, 1.807) is 11.0 Å². The van der Waals surface area contributed by atoms with Crippen LogP contribution in [0.3, 0.4) is 0 Å². The van der Waals surface area contributed by atoms with Crippen LogP contribution in [0, 0.1) is 5.92 Å². The van der Waals surface area contributed by atoms with Crippen molar-refractivity contribution < 1.29 is 24.3 Å². The van der Waals surface area contributed by atoms with Crippen molar-refractivity contribution in [3.05, 3.63) is 81.2 Å². The smallest absolute Gasteiger partial charge is 0.306 e. The zero-order chi connectivity index (χ0) is 27.8. The van der Waals surface area contributed by atoms with Crippen LogP contribution in [0.4, 0.5) is 0 Å². The Morgan fingerprint density at radius 2 is 1.66 bits per heavy atom. The summed E-state index contributed by atoms with van der Waals surface area (Å²) in [5, 5.41) is 13.3. The normalized spacial score (nSPS) is 14.9. The first-order valence-corrected chi connectivity index (χ1v) is 12.9. The lowest BCUT2D eigenvalue weighted by Crippen LogP contribution is -2.48. The SMILES string of the molecule is CCCN(CCC)C(=O)c1ccc2c(c1)C(=O)N([C@@H](Cc1ccccc1)[C@H](C[C@@H](C)C(=O)O)N=[N+]=[N-])C2=O. The second-order valence-electron chi connectivity index (χ2n) is 9.54. The molecule has 3 rings (SSSR count). The van der Waals surface area contributed by atoms with Crippen LogP contribution >= 0.6 is 0 Å². The van der Waals surface area contributed by atoms with Gasteiger partial charge in [0.25, 0.3) is 17.7 Å². The average molecular weight is 520 g/mol. The zero-order valence-electron chi connectivity index (χ0n) is 21.9. The lowest BCUT2D eigenvalue weighted by Gasteiger charge is -2.32. The molecule has 10 heteroatoms. The molecule has 1 aliphatic heterocycles. The van der Waals surface area contributed by atoms with Gasteiger partial charge in [-0.15, -0.1) is 0 Å². The Morgan fingerprint density at radius 3 is 2.24 bits per heavy atom. The number of nitrogens with zero attached hydrogens (tertiary/aromatic N) is 5. The minimum absolute atomic E-state index is 0.0585. The van der Waals surface area contributed by atoms with E-state index < -0.39 is 35.8 Å². The number of rotatable bonds is 13. The largest absolute Gasteiger partial charge is 0.481 e. The highest BCUT2D eigenvalue weighted by Gasteiger charge is 2.43. The topological polar surface area (TPSA) is 144 Å². The summed E-state index contributed by atoms with van der Waals surface area (Å²) in [6.45, 7) is 6.61. The molecule has 1 aliphatic rings. The maximum absolute atomic E-state index is 13.7. The third-order valence-corrected chi connectivity index (χ3v) is 6.72. The van der Waals surface area contributed by atoms with Gasteiger partial charge in [0, 0.05) is 23.6 Å². The fourth-order valence-corrected chi connectivity index (χ4v) is 4.80. The maximum atomic E-state index is 13.7. The molecule has 38 heavy (non-hydrogen) atoms. The minimum atomic E-state index is -1.07. The molecule has 2 aromatic rings. The van der Waals surface area contributed by atoms with Gasteiger partial charge in [-0.25, -0.2) is 0 Å². The van der Waals surface area contributed by atoms with Crippen molar-refractivity contribution in [1.29, 1.82) is 0 Å². The summed E-state index contributed by atoms with van der Waals surface area (Å²) in [4.78, 5) is 57.7. The Balaban J connectivity index is 2.02. The van der Waals surface area contributed by atoms with Gasteiger partial charge >= 0.3 is 5.97 Å². The number of carbonyl (C=O) groups is 4. The van der Waals surface area contributed by atoms with Crippen molar-refractivity contribution in [3.63, 3.8) is 0 Å². The number of benzene rings is 2. The number of aliphatic carboxylic acids is 1. The highest BCUT2D eigenvalue weighted by Crippen LogP contribution is 2.31. The Kier molecular flexibility index (Phi) is 9.62. The molecule has 10 nitrogen and oxygen atoms in total. The first-order chi connectivity index (χ1) is 18.2. The molecule has 0 unspecified atom stereocenters. The molecule has 0 saturated heterocycles. The van der Waals surface area contributed by atoms with Gasteiger partial charge in [-0.2, -0.15) is 0 Å². The highest BCUT2D eigenvalue weighted by molar-refractivity contribution is 6.22. The van der Waals surface area contributed by atoms with Crippen molar-refractivity contribution in [2.45, 2.75) is 58.5 Å². The van der Waals surface area contributed by atoms with Gasteiger partial charge in [0.1, 0.15) is 0 Å². The molecule has 0 bridgehead atoms. The number of imide groups is 1. The lowest BCUT2D eigenvalue weighted by atomic mass is 9.91. The summed E-state index contributed by atoms with van der Waals surface area (Å²) in [7, 11) is 0. The number of azide groups is 1. The molecule has 1 N–H and O–H groups in total. The number of amides is 3. The van der Waals surface area contributed by atoms with Gasteiger partial charge < -0.3 is 10.0 Å². The van der Waals surface area contributed by atoms with Crippen LogP contribution in [0.1, 0.15) is 76.7 Å². The van der Waals surface area contributed by atoms with Crippen molar-refractivity contribution in [3.8, 4) is 0 Å². The van der Waals surface area contributed by atoms with E-state index in [9.17, 15) is 29.8 Å². The summed E-state index contributed by atoms with van der Waals surface area (Å²) in [5.41, 5.74) is 10.6. The molecule has 0 radical (unpaired) electrons. The third kappa shape index (κ3) is 6.20. The summed E-state index contributed by atoms with van der Waals surface area (Å²) < 4.78 is 0. The van der Waals surface area contributed by atoms with Crippen molar-refractivity contribution in [2.75, 3.05) is 13.1 Å². The van der Waals surface area contributed by atoms with Crippen molar-refractivity contribution in [2.24, 2.45) is 11.0 Å². The van der Waals surface area contributed by atoms with Gasteiger partial charge in [0.2, 0.25) is 0 Å².